The molecule has 7 atom stereocenters. The number of halogens is 1. The number of hydrogen-bond donors (Lipinski definition) is 2. The molecule has 3 aliphatic heterocycles. The molecular formula is C36H42ClN3O8. The van der Waals surface area contributed by atoms with Crippen LogP contribution in [0.5, 0.6) is 0 Å². The fourth-order valence-corrected chi connectivity index (χ4v) is 7.52. The van der Waals surface area contributed by atoms with E-state index in [-0.39, 0.29) is 38.6 Å². The van der Waals surface area contributed by atoms with Crippen molar-refractivity contribution < 1.29 is 38.5 Å². The van der Waals surface area contributed by atoms with Gasteiger partial charge in [0.2, 0.25) is 11.8 Å². The lowest BCUT2D eigenvalue weighted by Crippen LogP contribution is -2.56. The molecule has 2 N–H and O–H groups in total. The number of carbonyl (C=O) groups is 4. The van der Waals surface area contributed by atoms with Crippen molar-refractivity contribution in [2.45, 2.75) is 55.6 Å². The summed E-state index contributed by atoms with van der Waals surface area (Å²) in [6.07, 6.45) is 3.08. The fourth-order valence-electron chi connectivity index (χ4n) is 7.39. The minimum atomic E-state index is -1.31. The van der Waals surface area contributed by atoms with Crippen molar-refractivity contribution in [1.29, 1.82) is 0 Å². The topological polar surface area (TPSA) is 135 Å². The summed E-state index contributed by atoms with van der Waals surface area (Å²) in [5.74, 6) is -3.83. The summed E-state index contributed by atoms with van der Waals surface area (Å²) in [5.41, 5.74) is -0.128. The molecule has 0 aromatic heterocycles. The second kappa shape index (κ2) is 15.5. The number of amides is 3. The highest BCUT2D eigenvalue weighted by Crippen LogP contribution is 2.59. The number of anilines is 1. The van der Waals surface area contributed by atoms with Gasteiger partial charge in [-0.25, -0.2) is 0 Å². The van der Waals surface area contributed by atoms with Crippen LogP contribution in [0.4, 0.5) is 5.69 Å². The molecule has 2 aromatic rings. The van der Waals surface area contributed by atoms with Crippen LogP contribution in [0.2, 0.25) is 5.02 Å². The van der Waals surface area contributed by atoms with Crippen molar-refractivity contribution in [3.63, 3.8) is 0 Å². The van der Waals surface area contributed by atoms with E-state index in [2.05, 4.69) is 18.5 Å². The summed E-state index contributed by atoms with van der Waals surface area (Å²) in [6.45, 7) is 7.17. The highest BCUT2D eigenvalue weighted by molar-refractivity contribution is 6.30. The SMILES string of the molecule is C=CCCC(=O)N[C@@H](COC)[C@@H](OC(=O)[C@@H]1[C@@H]2CC[C@]3(O2)[C@H](C(=O)N(CC=C)c2ccc(Cl)cc2)N(CCO)C(=O)[C@@H]13)c1ccccc1. The van der Waals surface area contributed by atoms with Crippen LogP contribution in [0.25, 0.3) is 0 Å². The molecule has 2 bridgehead atoms. The van der Waals surface area contributed by atoms with Gasteiger partial charge in [0.15, 0.2) is 0 Å². The van der Waals surface area contributed by atoms with E-state index in [9.17, 15) is 24.3 Å². The molecule has 0 unspecified atom stereocenters. The normalized spacial score (nSPS) is 25.2. The minimum Gasteiger partial charge on any atom is -0.455 e. The standard InChI is InChI=1S/C36H42ClN3O8/c1-4-6-12-28(42)38-26(22-46-3)31(23-10-8-7-9-11-23)47-35(45)29-27-17-18-36(48-27)30(29)33(43)40(20-21-41)32(36)34(44)39(19-5-2)25-15-13-24(37)14-16-25/h4-5,7-11,13-16,26-27,29-32,41H,1-2,6,12,17-22H2,3H3,(H,38,42)/t26-,27-,29+,30+,31-,32-,36+/m0/s1. The average Bonchev–Trinajstić information content (AvgIpc) is 3.73. The Morgan fingerprint density at radius 2 is 1.90 bits per heavy atom. The number of likely N-dealkylation sites (tertiary alicyclic amines) is 1. The smallest absolute Gasteiger partial charge is 0.313 e. The summed E-state index contributed by atoms with van der Waals surface area (Å²) >= 11 is 6.11. The molecule has 0 aliphatic carbocycles. The number of benzene rings is 2. The van der Waals surface area contributed by atoms with Gasteiger partial charge in [0, 0.05) is 37.3 Å². The number of β-amino-alcohol motifs (C(OH)–C–C–N with tert-alkyl or cyclic N) is 1. The zero-order valence-corrected chi connectivity index (χ0v) is 27.7. The highest BCUT2D eigenvalue weighted by atomic mass is 35.5. The number of nitrogens with zero attached hydrogens (tertiary/aromatic N) is 2. The first-order chi connectivity index (χ1) is 23.2. The van der Waals surface area contributed by atoms with E-state index in [4.69, 9.17) is 25.8 Å². The van der Waals surface area contributed by atoms with E-state index in [0.717, 1.165) is 0 Å². The molecule has 256 valence electrons. The Kier molecular flexibility index (Phi) is 11.4. The molecule has 3 saturated heterocycles. The van der Waals surface area contributed by atoms with Crippen LogP contribution in [-0.4, -0.2) is 90.9 Å². The zero-order valence-electron chi connectivity index (χ0n) is 27.0. The quantitative estimate of drug-likeness (QED) is 0.203. The number of nitrogens with one attached hydrogen (secondary N) is 1. The molecule has 48 heavy (non-hydrogen) atoms. The summed E-state index contributed by atoms with van der Waals surface area (Å²) in [5, 5.41) is 13.4. The Labute approximate surface area is 285 Å². The van der Waals surface area contributed by atoms with Crippen LogP contribution in [0, 0.1) is 11.8 Å². The predicted molar refractivity (Wildman–Crippen MR) is 179 cm³/mol. The van der Waals surface area contributed by atoms with Gasteiger partial charge in [0.05, 0.1) is 37.2 Å². The summed E-state index contributed by atoms with van der Waals surface area (Å²) < 4.78 is 18.2. The molecule has 3 fully saturated rings. The van der Waals surface area contributed by atoms with Crippen LogP contribution in [0.3, 0.4) is 0 Å². The molecule has 3 aliphatic rings. The molecule has 12 heteroatoms. The van der Waals surface area contributed by atoms with Gasteiger partial charge in [-0.05, 0) is 49.1 Å². The Morgan fingerprint density at radius 3 is 2.54 bits per heavy atom. The third-order valence-electron chi connectivity index (χ3n) is 9.37. The van der Waals surface area contributed by atoms with Crippen LogP contribution in [0.15, 0.2) is 79.9 Å². The Bertz CT molecular complexity index is 1500. The van der Waals surface area contributed by atoms with E-state index >= 15 is 0 Å². The van der Waals surface area contributed by atoms with E-state index in [1.807, 2.05) is 6.07 Å². The van der Waals surface area contributed by atoms with Crippen LogP contribution in [0.1, 0.15) is 37.4 Å². The first-order valence-corrected chi connectivity index (χ1v) is 16.5. The van der Waals surface area contributed by atoms with Crippen LogP contribution >= 0.6 is 11.6 Å². The highest BCUT2D eigenvalue weighted by Gasteiger charge is 2.75. The van der Waals surface area contributed by atoms with Crippen molar-refractivity contribution in [3.05, 3.63) is 90.5 Å². The van der Waals surface area contributed by atoms with Gasteiger partial charge >= 0.3 is 5.97 Å². The molecule has 2 aromatic carbocycles. The Morgan fingerprint density at radius 1 is 1.17 bits per heavy atom. The maximum absolute atomic E-state index is 14.5. The first-order valence-electron chi connectivity index (χ1n) is 16.1. The number of esters is 1. The van der Waals surface area contributed by atoms with Crippen molar-refractivity contribution >= 4 is 41.0 Å². The lowest BCUT2D eigenvalue weighted by molar-refractivity contribution is -0.163. The first kappa shape index (κ1) is 35.3. The van der Waals surface area contributed by atoms with Crippen LogP contribution in [-0.2, 0) is 33.4 Å². The number of aliphatic hydroxyl groups excluding tert-OH is 1. The zero-order chi connectivity index (χ0) is 34.4. The molecular weight excluding hydrogens is 638 g/mol. The van der Waals surface area contributed by atoms with E-state index < -0.39 is 59.5 Å². The Hall–Kier alpha value is -4.03. The number of allylic oxidation sites excluding steroid dienone is 1. The van der Waals surface area contributed by atoms with Crippen molar-refractivity contribution in [3.8, 4) is 0 Å². The van der Waals surface area contributed by atoms with Gasteiger partial charge in [-0.2, -0.15) is 0 Å². The number of rotatable bonds is 16. The van der Waals surface area contributed by atoms with Gasteiger partial charge in [-0.1, -0.05) is 54.1 Å². The Balaban J connectivity index is 1.47. The third-order valence-corrected chi connectivity index (χ3v) is 9.62. The number of ether oxygens (including phenoxy) is 3. The largest absolute Gasteiger partial charge is 0.455 e. The fraction of sp³-hybridized carbons (Fsp3) is 0.444. The van der Waals surface area contributed by atoms with E-state index in [1.54, 1.807) is 60.7 Å². The van der Waals surface area contributed by atoms with Gasteiger partial charge in [0.1, 0.15) is 17.7 Å². The minimum absolute atomic E-state index is 0.0499. The third kappa shape index (κ3) is 6.78. The lowest BCUT2D eigenvalue weighted by Gasteiger charge is -2.36. The summed E-state index contributed by atoms with van der Waals surface area (Å²) in [6, 6.07) is 13.9. The lowest BCUT2D eigenvalue weighted by atomic mass is 9.70. The second-order valence-corrected chi connectivity index (χ2v) is 12.7. The molecule has 0 radical (unpaired) electrons. The van der Waals surface area contributed by atoms with Crippen molar-refractivity contribution in [2.24, 2.45) is 11.8 Å². The monoisotopic (exact) mass is 679 g/mol. The maximum Gasteiger partial charge on any atom is 0.313 e. The van der Waals surface area contributed by atoms with Crippen LogP contribution < -0.4 is 10.2 Å². The number of hydrogen-bond acceptors (Lipinski definition) is 8. The molecule has 11 nitrogen and oxygen atoms in total. The number of aliphatic hydroxyl groups is 1. The molecule has 1 spiro atoms. The van der Waals surface area contributed by atoms with Gasteiger partial charge < -0.3 is 34.4 Å². The summed E-state index contributed by atoms with van der Waals surface area (Å²) in [4.78, 5) is 58.6. The number of fused-ring (bicyclic) bond motifs is 1. The summed E-state index contributed by atoms with van der Waals surface area (Å²) in [7, 11) is 1.49. The molecule has 3 amide bonds. The maximum atomic E-state index is 14.5. The average molecular weight is 680 g/mol. The predicted octanol–water partition coefficient (Wildman–Crippen LogP) is 3.61. The van der Waals surface area contributed by atoms with Crippen molar-refractivity contribution in [1.82, 2.24) is 10.2 Å². The van der Waals surface area contributed by atoms with E-state index in [0.29, 0.717) is 35.5 Å². The van der Waals surface area contributed by atoms with Gasteiger partial charge in [-0.3, -0.25) is 19.2 Å². The number of carbonyl (C=O) groups excluding carboxylic acids is 4. The second-order valence-electron chi connectivity index (χ2n) is 12.2. The van der Waals surface area contributed by atoms with E-state index in [1.165, 1.54) is 16.9 Å². The number of methoxy groups -OCH3 is 1. The molecule has 0 saturated carbocycles. The van der Waals surface area contributed by atoms with Crippen molar-refractivity contribution in [2.75, 3.05) is 38.3 Å². The molecule has 5 rings (SSSR count). The van der Waals surface area contributed by atoms with Gasteiger partial charge in [-0.15, -0.1) is 13.2 Å². The van der Waals surface area contributed by atoms with Gasteiger partial charge in [0.25, 0.3) is 5.91 Å². The molecule has 3 heterocycles.